The first-order valence-corrected chi connectivity index (χ1v) is 6.14. The number of hydrogen-bond acceptors (Lipinski definition) is 3. The third-order valence-electron chi connectivity index (χ3n) is 2.43. The first kappa shape index (κ1) is 14.1. The molecule has 0 saturated heterocycles. The number of halogens is 4. The summed E-state index contributed by atoms with van der Waals surface area (Å²) in [4.78, 5) is 3.82. The molecule has 0 aliphatic rings. The standard InChI is InChI=1S/C12H9BrF3NO2/c13-7-1-2-9(10(5-7)12(14,15)16)11-17-6-8(19-11)3-4-18/h1-2,5-6,18H,3-4H2. The van der Waals surface area contributed by atoms with Gasteiger partial charge in [-0.25, -0.2) is 4.98 Å². The average Bonchev–Trinajstić information content (AvgIpc) is 2.77. The molecule has 0 amide bonds. The lowest BCUT2D eigenvalue weighted by Gasteiger charge is -2.10. The lowest BCUT2D eigenvalue weighted by atomic mass is 10.1. The zero-order chi connectivity index (χ0) is 14.0. The summed E-state index contributed by atoms with van der Waals surface area (Å²) in [7, 11) is 0. The van der Waals surface area contributed by atoms with Gasteiger partial charge in [-0.15, -0.1) is 0 Å². The van der Waals surface area contributed by atoms with Crippen molar-refractivity contribution in [2.24, 2.45) is 0 Å². The first-order chi connectivity index (χ1) is 8.91. The maximum atomic E-state index is 12.9. The maximum Gasteiger partial charge on any atom is 0.417 e. The van der Waals surface area contributed by atoms with E-state index in [0.29, 0.717) is 10.2 Å². The number of aromatic nitrogens is 1. The van der Waals surface area contributed by atoms with Gasteiger partial charge < -0.3 is 9.52 Å². The van der Waals surface area contributed by atoms with Crippen LogP contribution >= 0.6 is 15.9 Å². The number of rotatable bonds is 3. The molecule has 2 aromatic rings. The lowest BCUT2D eigenvalue weighted by molar-refractivity contribution is -0.137. The van der Waals surface area contributed by atoms with Crippen LogP contribution in [0.3, 0.4) is 0 Å². The van der Waals surface area contributed by atoms with Crippen LogP contribution < -0.4 is 0 Å². The number of nitrogens with zero attached hydrogens (tertiary/aromatic N) is 1. The smallest absolute Gasteiger partial charge is 0.417 e. The number of benzene rings is 1. The van der Waals surface area contributed by atoms with E-state index in [4.69, 9.17) is 9.52 Å². The van der Waals surface area contributed by atoms with Crippen LogP contribution in [0.4, 0.5) is 13.2 Å². The normalized spacial score (nSPS) is 11.8. The summed E-state index contributed by atoms with van der Waals surface area (Å²) in [6.07, 6.45) is -2.97. The van der Waals surface area contributed by atoms with Gasteiger partial charge in [-0.1, -0.05) is 15.9 Å². The molecule has 0 spiro atoms. The van der Waals surface area contributed by atoms with E-state index in [9.17, 15) is 13.2 Å². The minimum Gasteiger partial charge on any atom is -0.441 e. The van der Waals surface area contributed by atoms with E-state index in [2.05, 4.69) is 20.9 Å². The van der Waals surface area contributed by atoms with Gasteiger partial charge in [0.25, 0.3) is 0 Å². The molecular weight excluding hydrogens is 327 g/mol. The van der Waals surface area contributed by atoms with E-state index in [0.717, 1.165) is 6.07 Å². The van der Waals surface area contributed by atoms with Crippen LogP contribution in [-0.4, -0.2) is 16.7 Å². The highest BCUT2D eigenvalue weighted by molar-refractivity contribution is 9.10. The van der Waals surface area contributed by atoms with Gasteiger partial charge in [0.1, 0.15) is 5.76 Å². The molecule has 102 valence electrons. The molecule has 19 heavy (non-hydrogen) atoms. The van der Waals surface area contributed by atoms with Crippen LogP contribution in [0.1, 0.15) is 11.3 Å². The summed E-state index contributed by atoms with van der Waals surface area (Å²) >= 11 is 3.01. The summed E-state index contributed by atoms with van der Waals surface area (Å²) in [5.74, 6) is 0.233. The third-order valence-corrected chi connectivity index (χ3v) is 2.92. The Morgan fingerprint density at radius 1 is 1.32 bits per heavy atom. The van der Waals surface area contributed by atoms with Crippen molar-refractivity contribution in [2.75, 3.05) is 6.61 Å². The zero-order valence-corrected chi connectivity index (χ0v) is 11.1. The highest BCUT2D eigenvalue weighted by Gasteiger charge is 2.35. The van der Waals surface area contributed by atoms with Gasteiger partial charge >= 0.3 is 6.18 Å². The van der Waals surface area contributed by atoms with Crippen LogP contribution in [0, 0.1) is 0 Å². The second-order valence-electron chi connectivity index (χ2n) is 3.79. The minimum absolute atomic E-state index is 0.108. The average molecular weight is 336 g/mol. The van der Waals surface area contributed by atoms with E-state index < -0.39 is 11.7 Å². The second kappa shape index (κ2) is 5.34. The van der Waals surface area contributed by atoms with Crippen LogP contribution in [0.2, 0.25) is 0 Å². The molecule has 0 unspecified atom stereocenters. The van der Waals surface area contributed by atoms with Crippen LogP contribution in [0.5, 0.6) is 0 Å². The second-order valence-corrected chi connectivity index (χ2v) is 4.71. The van der Waals surface area contributed by atoms with Crippen molar-refractivity contribution in [3.05, 3.63) is 40.2 Å². The fourth-order valence-corrected chi connectivity index (χ4v) is 1.96. The third kappa shape index (κ3) is 3.16. The van der Waals surface area contributed by atoms with Crippen molar-refractivity contribution in [3.63, 3.8) is 0 Å². The van der Waals surface area contributed by atoms with Gasteiger partial charge in [0.05, 0.1) is 18.4 Å². The molecule has 1 aromatic carbocycles. The Morgan fingerprint density at radius 2 is 2.05 bits per heavy atom. The number of hydrogen-bond donors (Lipinski definition) is 1. The number of alkyl halides is 3. The van der Waals surface area contributed by atoms with Crippen molar-refractivity contribution in [1.82, 2.24) is 4.98 Å². The zero-order valence-electron chi connectivity index (χ0n) is 9.54. The number of oxazole rings is 1. The van der Waals surface area contributed by atoms with E-state index in [1.807, 2.05) is 0 Å². The summed E-state index contributed by atoms with van der Waals surface area (Å²) in [5.41, 5.74) is -0.945. The van der Waals surface area contributed by atoms with Gasteiger partial charge in [0, 0.05) is 16.5 Å². The van der Waals surface area contributed by atoms with Crippen molar-refractivity contribution >= 4 is 15.9 Å². The minimum atomic E-state index is -4.50. The Bertz CT molecular complexity index is 581. The molecule has 0 radical (unpaired) electrons. The molecule has 3 nitrogen and oxygen atoms in total. The molecule has 7 heteroatoms. The van der Waals surface area contributed by atoms with E-state index >= 15 is 0 Å². The Morgan fingerprint density at radius 3 is 2.68 bits per heavy atom. The number of aliphatic hydroxyl groups excluding tert-OH is 1. The molecule has 0 bridgehead atoms. The highest BCUT2D eigenvalue weighted by atomic mass is 79.9. The van der Waals surface area contributed by atoms with Crippen LogP contribution in [0.25, 0.3) is 11.5 Å². The molecule has 0 fully saturated rings. The Hall–Kier alpha value is -1.34. The Labute approximate surface area is 115 Å². The van der Waals surface area contributed by atoms with Crippen molar-refractivity contribution < 1.29 is 22.7 Å². The van der Waals surface area contributed by atoms with Crippen molar-refractivity contribution in [3.8, 4) is 11.5 Å². The van der Waals surface area contributed by atoms with E-state index in [1.54, 1.807) is 0 Å². The highest BCUT2D eigenvalue weighted by Crippen LogP contribution is 2.38. The molecule has 1 aromatic heterocycles. The van der Waals surface area contributed by atoms with Gasteiger partial charge in [0.15, 0.2) is 0 Å². The lowest BCUT2D eigenvalue weighted by Crippen LogP contribution is -2.07. The van der Waals surface area contributed by atoms with Gasteiger partial charge in [0.2, 0.25) is 5.89 Å². The SMILES string of the molecule is OCCc1cnc(-c2ccc(Br)cc2C(F)(F)F)o1. The Kier molecular flexibility index (Phi) is 3.96. The van der Waals surface area contributed by atoms with Crippen molar-refractivity contribution in [1.29, 1.82) is 0 Å². The van der Waals surface area contributed by atoms with Crippen LogP contribution in [0.15, 0.2) is 33.3 Å². The first-order valence-electron chi connectivity index (χ1n) is 5.34. The molecule has 0 atom stereocenters. The monoisotopic (exact) mass is 335 g/mol. The molecule has 1 heterocycles. The molecular formula is C12H9BrF3NO2. The van der Waals surface area contributed by atoms with E-state index in [1.165, 1.54) is 18.3 Å². The summed E-state index contributed by atoms with van der Waals surface area (Å²) < 4.78 is 44.3. The molecule has 1 N–H and O–H groups in total. The maximum absolute atomic E-state index is 12.9. The van der Waals surface area contributed by atoms with Crippen molar-refractivity contribution in [2.45, 2.75) is 12.6 Å². The molecule has 0 aliphatic heterocycles. The summed E-state index contributed by atoms with van der Waals surface area (Å²) in [5, 5.41) is 8.75. The summed E-state index contributed by atoms with van der Waals surface area (Å²) in [6.45, 7) is -0.152. The van der Waals surface area contributed by atoms with Gasteiger partial charge in [-0.2, -0.15) is 13.2 Å². The summed E-state index contributed by atoms with van der Waals surface area (Å²) in [6, 6.07) is 3.76. The Balaban J connectivity index is 2.48. The fraction of sp³-hybridized carbons (Fsp3) is 0.250. The molecule has 0 saturated carbocycles. The quantitative estimate of drug-likeness (QED) is 0.931. The van der Waals surface area contributed by atoms with Gasteiger partial charge in [-0.3, -0.25) is 0 Å². The fourth-order valence-electron chi connectivity index (χ4n) is 1.60. The largest absolute Gasteiger partial charge is 0.441 e. The predicted octanol–water partition coefficient (Wildman–Crippen LogP) is 3.66. The van der Waals surface area contributed by atoms with Gasteiger partial charge in [-0.05, 0) is 18.2 Å². The van der Waals surface area contributed by atoms with Crippen LogP contribution in [-0.2, 0) is 12.6 Å². The number of aliphatic hydroxyl groups is 1. The predicted molar refractivity (Wildman–Crippen MR) is 65.4 cm³/mol. The molecule has 2 rings (SSSR count). The van der Waals surface area contributed by atoms with E-state index in [-0.39, 0.29) is 24.5 Å². The topological polar surface area (TPSA) is 46.3 Å². The molecule has 0 aliphatic carbocycles.